The second-order valence-corrected chi connectivity index (χ2v) is 4.21. The van der Waals surface area contributed by atoms with E-state index in [4.69, 9.17) is 5.73 Å². The van der Waals surface area contributed by atoms with Crippen molar-refractivity contribution in [3.05, 3.63) is 11.8 Å². The number of hydrogen-bond donors (Lipinski definition) is 1. The smallest absolute Gasteiger partial charge is 0.368 e. The maximum absolute atomic E-state index is 12.5. The minimum Gasteiger partial charge on any atom is -0.368 e. The van der Waals surface area contributed by atoms with E-state index < -0.39 is 12.7 Å². The third-order valence-corrected chi connectivity index (χ3v) is 2.57. The molecule has 0 unspecified atom stereocenters. The molecule has 1 fully saturated rings. The van der Waals surface area contributed by atoms with E-state index in [0.717, 1.165) is 12.8 Å². The van der Waals surface area contributed by atoms with Crippen molar-refractivity contribution < 1.29 is 13.2 Å². The first-order valence-corrected chi connectivity index (χ1v) is 5.29. The van der Waals surface area contributed by atoms with Crippen LogP contribution in [0.4, 0.5) is 24.9 Å². The van der Waals surface area contributed by atoms with E-state index in [9.17, 15) is 13.2 Å². The number of anilines is 2. The number of aryl methyl sites for hydroxylation is 1. The molecule has 0 spiro atoms. The average Bonchev–Trinajstić information content (AvgIpc) is 3.00. The summed E-state index contributed by atoms with van der Waals surface area (Å²) < 4.78 is 37.5. The molecule has 2 N–H and O–H groups in total. The van der Waals surface area contributed by atoms with Crippen LogP contribution in [0.25, 0.3) is 0 Å². The highest BCUT2D eigenvalue weighted by Gasteiger charge is 2.39. The molecule has 0 amide bonds. The van der Waals surface area contributed by atoms with Crippen molar-refractivity contribution in [2.75, 3.05) is 17.2 Å². The molecule has 94 valence electrons. The molecule has 1 saturated carbocycles. The highest BCUT2D eigenvalue weighted by atomic mass is 19.4. The number of nitrogen functional groups attached to an aromatic ring is 1. The van der Waals surface area contributed by atoms with Crippen LogP contribution in [0.5, 0.6) is 0 Å². The molecule has 17 heavy (non-hydrogen) atoms. The van der Waals surface area contributed by atoms with Gasteiger partial charge in [0, 0.05) is 17.8 Å². The molecular weight excluding hydrogens is 233 g/mol. The maximum Gasteiger partial charge on any atom is 0.405 e. The minimum atomic E-state index is -4.24. The van der Waals surface area contributed by atoms with Gasteiger partial charge in [-0.05, 0) is 19.8 Å². The van der Waals surface area contributed by atoms with Gasteiger partial charge < -0.3 is 10.6 Å². The fraction of sp³-hybridized carbons (Fsp3) is 0.600. The topological polar surface area (TPSA) is 55.0 Å². The largest absolute Gasteiger partial charge is 0.405 e. The van der Waals surface area contributed by atoms with Gasteiger partial charge in [0.2, 0.25) is 5.95 Å². The van der Waals surface area contributed by atoms with Crippen LogP contribution in [-0.2, 0) is 0 Å². The van der Waals surface area contributed by atoms with Crippen LogP contribution in [0.2, 0.25) is 0 Å². The molecule has 1 heterocycles. The number of nitrogens with zero attached hydrogens (tertiary/aromatic N) is 3. The van der Waals surface area contributed by atoms with Crippen LogP contribution < -0.4 is 10.6 Å². The van der Waals surface area contributed by atoms with E-state index >= 15 is 0 Å². The summed E-state index contributed by atoms with van der Waals surface area (Å²) in [6.07, 6.45) is -1.27. The predicted octanol–water partition coefficient (Wildman–Crippen LogP) is 1.90. The van der Waals surface area contributed by atoms with Gasteiger partial charge in [0.05, 0.1) is 0 Å². The zero-order chi connectivity index (χ0) is 12.6. The maximum atomic E-state index is 12.5. The number of alkyl halides is 3. The zero-order valence-corrected chi connectivity index (χ0v) is 9.33. The van der Waals surface area contributed by atoms with E-state index in [1.54, 1.807) is 6.92 Å². The first-order valence-electron chi connectivity index (χ1n) is 5.29. The Morgan fingerprint density at radius 1 is 1.47 bits per heavy atom. The van der Waals surface area contributed by atoms with Crippen LogP contribution >= 0.6 is 0 Å². The van der Waals surface area contributed by atoms with Crippen LogP contribution in [0, 0.1) is 6.92 Å². The number of halogens is 3. The Hall–Kier alpha value is -1.53. The molecular formula is C10H13F3N4. The Labute approximate surface area is 96.7 Å². The Bertz CT molecular complexity index is 415. The molecule has 1 aliphatic rings. The van der Waals surface area contributed by atoms with Crippen LogP contribution in [0.3, 0.4) is 0 Å². The molecule has 7 heteroatoms. The van der Waals surface area contributed by atoms with Gasteiger partial charge >= 0.3 is 6.18 Å². The first kappa shape index (κ1) is 11.9. The standard InChI is InChI=1S/C10H13F3N4/c1-6-4-15-9(14)16-8(6)17(7-2-3-7)5-10(11,12)13/h4,7H,2-3,5H2,1H3,(H2,14,15,16). The molecule has 2 rings (SSSR count). The lowest BCUT2D eigenvalue weighted by molar-refractivity contribution is -0.120. The van der Waals surface area contributed by atoms with E-state index in [2.05, 4.69) is 9.97 Å². The van der Waals surface area contributed by atoms with Gasteiger partial charge in [0.25, 0.3) is 0 Å². The third kappa shape index (κ3) is 2.98. The zero-order valence-electron chi connectivity index (χ0n) is 9.33. The van der Waals surface area contributed by atoms with Crippen molar-refractivity contribution in [3.63, 3.8) is 0 Å². The highest BCUT2D eigenvalue weighted by Crippen LogP contribution is 2.34. The highest BCUT2D eigenvalue weighted by molar-refractivity contribution is 5.50. The number of aromatic nitrogens is 2. The quantitative estimate of drug-likeness (QED) is 0.885. The summed E-state index contributed by atoms with van der Waals surface area (Å²) >= 11 is 0. The summed E-state index contributed by atoms with van der Waals surface area (Å²) in [5, 5.41) is 0. The second-order valence-electron chi connectivity index (χ2n) is 4.21. The van der Waals surface area contributed by atoms with Gasteiger partial charge in [-0.15, -0.1) is 0 Å². The summed E-state index contributed by atoms with van der Waals surface area (Å²) in [6, 6.07) is -0.0791. The van der Waals surface area contributed by atoms with Crippen LogP contribution in [0.1, 0.15) is 18.4 Å². The summed E-state index contributed by atoms with van der Waals surface area (Å²) in [5.41, 5.74) is 6.03. The van der Waals surface area contributed by atoms with Crippen molar-refractivity contribution in [2.24, 2.45) is 0 Å². The Kier molecular flexibility index (Phi) is 2.84. The van der Waals surface area contributed by atoms with Gasteiger partial charge in [0.1, 0.15) is 12.4 Å². The summed E-state index contributed by atoms with van der Waals surface area (Å²) in [6.45, 7) is 0.690. The summed E-state index contributed by atoms with van der Waals surface area (Å²) in [4.78, 5) is 8.94. The van der Waals surface area contributed by atoms with Gasteiger partial charge in [-0.25, -0.2) is 4.98 Å². The Morgan fingerprint density at radius 3 is 2.65 bits per heavy atom. The molecule has 0 atom stereocenters. The van der Waals surface area contributed by atoms with Gasteiger partial charge in [-0.2, -0.15) is 18.2 Å². The molecule has 0 bridgehead atoms. The number of hydrogen-bond acceptors (Lipinski definition) is 4. The van der Waals surface area contributed by atoms with E-state index in [1.165, 1.54) is 11.1 Å². The monoisotopic (exact) mass is 246 g/mol. The van der Waals surface area contributed by atoms with Gasteiger partial charge in [-0.3, -0.25) is 0 Å². The van der Waals surface area contributed by atoms with Gasteiger partial charge in [0.15, 0.2) is 0 Å². The van der Waals surface area contributed by atoms with E-state index in [1.807, 2.05) is 0 Å². The molecule has 1 aromatic rings. The van der Waals surface area contributed by atoms with Crippen molar-refractivity contribution in [1.29, 1.82) is 0 Å². The Morgan fingerprint density at radius 2 is 2.12 bits per heavy atom. The lowest BCUT2D eigenvalue weighted by Crippen LogP contribution is -2.37. The SMILES string of the molecule is Cc1cnc(N)nc1N(CC(F)(F)F)C1CC1. The molecule has 0 saturated heterocycles. The van der Waals surface area contributed by atoms with Gasteiger partial charge in [-0.1, -0.05) is 0 Å². The van der Waals surface area contributed by atoms with Crippen molar-refractivity contribution in [2.45, 2.75) is 32.0 Å². The average molecular weight is 246 g/mol. The predicted molar refractivity (Wildman–Crippen MR) is 57.6 cm³/mol. The summed E-state index contributed by atoms with van der Waals surface area (Å²) in [5.74, 6) is 0.288. The number of nitrogens with two attached hydrogens (primary N) is 1. The molecule has 0 radical (unpaired) electrons. The van der Waals surface area contributed by atoms with Crippen molar-refractivity contribution in [1.82, 2.24) is 9.97 Å². The third-order valence-electron chi connectivity index (χ3n) is 2.57. The lowest BCUT2D eigenvalue weighted by atomic mass is 10.3. The fourth-order valence-electron chi connectivity index (χ4n) is 1.69. The fourth-order valence-corrected chi connectivity index (χ4v) is 1.69. The van der Waals surface area contributed by atoms with Crippen LogP contribution in [0.15, 0.2) is 6.20 Å². The number of rotatable bonds is 3. The first-order chi connectivity index (χ1) is 7.87. The second kappa shape index (κ2) is 4.05. The Balaban J connectivity index is 2.29. The van der Waals surface area contributed by atoms with E-state index in [0.29, 0.717) is 5.56 Å². The normalized spacial score (nSPS) is 16.0. The summed E-state index contributed by atoms with van der Waals surface area (Å²) in [7, 11) is 0. The molecule has 4 nitrogen and oxygen atoms in total. The lowest BCUT2D eigenvalue weighted by Gasteiger charge is -2.26. The molecule has 0 aliphatic heterocycles. The molecule has 0 aromatic carbocycles. The minimum absolute atomic E-state index is 0.00146. The van der Waals surface area contributed by atoms with E-state index in [-0.39, 0.29) is 17.8 Å². The van der Waals surface area contributed by atoms with Crippen LogP contribution in [-0.4, -0.2) is 28.7 Å². The van der Waals surface area contributed by atoms with Crippen molar-refractivity contribution >= 4 is 11.8 Å². The van der Waals surface area contributed by atoms with Crippen molar-refractivity contribution in [3.8, 4) is 0 Å². The molecule has 1 aromatic heterocycles. The molecule has 1 aliphatic carbocycles.